The van der Waals surface area contributed by atoms with Crippen molar-refractivity contribution in [2.24, 2.45) is 0 Å². The van der Waals surface area contributed by atoms with Crippen molar-refractivity contribution in [2.75, 3.05) is 26.4 Å². The number of aromatic amines is 1. The van der Waals surface area contributed by atoms with Crippen LogP contribution < -0.4 is 15.0 Å². The molecular formula is C24H25FN6O4. The monoisotopic (exact) mass is 480 g/mol. The number of hydrogen-bond acceptors (Lipinski definition) is 8. The van der Waals surface area contributed by atoms with Crippen molar-refractivity contribution in [1.29, 1.82) is 0 Å². The van der Waals surface area contributed by atoms with E-state index in [0.717, 1.165) is 10.9 Å². The Balaban J connectivity index is 1.38. The molecule has 2 N–H and O–H groups in total. The van der Waals surface area contributed by atoms with E-state index in [-0.39, 0.29) is 18.0 Å². The van der Waals surface area contributed by atoms with Crippen LogP contribution in [0.4, 0.5) is 4.39 Å². The molecule has 11 heteroatoms. The summed E-state index contributed by atoms with van der Waals surface area (Å²) in [6, 6.07) is 11.7. The quantitative estimate of drug-likeness (QED) is 0.373. The molecule has 0 fully saturated rings. The van der Waals surface area contributed by atoms with Crippen molar-refractivity contribution in [1.82, 2.24) is 30.1 Å². The molecule has 2 aromatic carbocycles. The lowest BCUT2D eigenvalue weighted by Crippen LogP contribution is -2.29. The summed E-state index contributed by atoms with van der Waals surface area (Å²) in [6.45, 7) is 2.61. The van der Waals surface area contributed by atoms with Gasteiger partial charge in [-0.25, -0.2) is 9.07 Å². The van der Waals surface area contributed by atoms with E-state index in [1.165, 1.54) is 12.1 Å². The lowest BCUT2D eigenvalue weighted by atomic mass is 10.1. The Labute approximate surface area is 199 Å². The summed E-state index contributed by atoms with van der Waals surface area (Å²) in [7, 11) is 0. The van der Waals surface area contributed by atoms with E-state index in [1.807, 2.05) is 17.0 Å². The third kappa shape index (κ3) is 5.31. The first kappa shape index (κ1) is 22.9. The number of rotatable bonds is 9. The largest absolute Gasteiger partial charge is 0.486 e. The van der Waals surface area contributed by atoms with Gasteiger partial charge < -0.3 is 19.6 Å². The van der Waals surface area contributed by atoms with Crippen LogP contribution in [0.25, 0.3) is 10.9 Å². The van der Waals surface area contributed by atoms with Crippen molar-refractivity contribution in [3.63, 3.8) is 0 Å². The summed E-state index contributed by atoms with van der Waals surface area (Å²) in [5.74, 6) is 1.56. The van der Waals surface area contributed by atoms with Crippen LogP contribution in [0, 0.1) is 5.82 Å². The number of tetrazole rings is 1. The van der Waals surface area contributed by atoms with Crippen LogP contribution in [-0.4, -0.2) is 61.6 Å². The third-order valence-electron chi connectivity index (χ3n) is 5.83. The normalized spacial score (nSPS) is 13.0. The summed E-state index contributed by atoms with van der Waals surface area (Å²) in [4.78, 5) is 17.8. The van der Waals surface area contributed by atoms with E-state index in [2.05, 4.69) is 20.5 Å². The number of hydrogen-bond donors (Lipinski definition) is 2. The molecule has 0 atom stereocenters. The number of aromatic nitrogens is 5. The molecule has 0 amide bonds. The van der Waals surface area contributed by atoms with Crippen LogP contribution in [0.2, 0.25) is 0 Å². The van der Waals surface area contributed by atoms with E-state index in [1.54, 1.807) is 22.9 Å². The highest BCUT2D eigenvalue weighted by Crippen LogP contribution is 2.33. The molecule has 2 aromatic heterocycles. The van der Waals surface area contributed by atoms with Gasteiger partial charge in [-0.2, -0.15) is 0 Å². The molecule has 0 spiro atoms. The SMILES string of the molecule is O=c1[nH]c2cc3c(cc2cc1CN(CCCO)Cc1nnnn1Cc1ccc(F)cc1)OCCO3. The maximum absolute atomic E-state index is 13.2. The van der Waals surface area contributed by atoms with Gasteiger partial charge in [0.1, 0.15) is 19.0 Å². The topological polar surface area (TPSA) is 118 Å². The number of aliphatic hydroxyl groups is 1. The Morgan fingerprint density at radius 1 is 1.09 bits per heavy atom. The average molecular weight is 481 g/mol. The van der Waals surface area contributed by atoms with Gasteiger partial charge in [0.15, 0.2) is 17.3 Å². The van der Waals surface area contributed by atoms with Gasteiger partial charge >= 0.3 is 0 Å². The van der Waals surface area contributed by atoms with Crippen LogP contribution in [0.3, 0.4) is 0 Å². The molecule has 3 heterocycles. The van der Waals surface area contributed by atoms with Gasteiger partial charge in [0.25, 0.3) is 5.56 Å². The van der Waals surface area contributed by atoms with Gasteiger partial charge in [0, 0.05) is 36.7 Å². The fourth-order valence-corrected chi connectivity index (χ4v) is 4.08. The van der Waals surface area contributed by atoms with Crippen molar-refractivity contribution >= 4 is 10.9 Å². The fraction of sp³-hybridized carbons (Fsp3) is 0.333. The van der Waals surface area contributed by atoms with Gasteiger partial charge in [0.2, 0.25) is 0 Å². The molecule has 4 aromatic rings. The summed E-state index contributed by atoms with van der Waals surface area (Å²) < 4.78 is 26.2. The molecule has 0 saturated carbocycles. The number of H-pyrrole nitrogens is 1. The van der Waals surface area contributed by atoms with E-state index in [4.69, 9.17) is 9.47 Å². The zero-order valence-corrected chi connectivity index (χ0v) is 19.0. The fourth-order valence-electron chi connectivity index (χ4n) is 4.08. The molecule has 1 aliphatic heterocycles. The number of halogens is 1. The van der Waals surface area contributed by atoms with Crippen molar-refractivity contribution in [2.45, 2.75) is 26.1 Å². The number of nitrogens with zero attached hydrogens (tertiary/aromatic N) is 5. The highest BCUT2D eigenvalue weighted by atomic mass is 19.1. The predicted octanol–water partition coefficient (Wildman–Crippen LogP) is 1.86. The van der Waals surface area contributed by atoms with Crippen LogP contribution in [0.1, 0.15) is 23.4 Å². The van der Waals surface area contributed by atoms with Gasteiger partial charge in [0.05, 0.1) is 18.6 Å². The Morgan fingerprint density at radius 3 is 2.63 bits per heavy atom. The second kappa shape index (κ2) is 10.2. The molecule has 1 aliphatic rings. The number of benzene rings is 2. The van der Waals surface area contributed by atoms with Crippen molar-refractivity contribution in [3.8, 4) is 11.5 Å². The van der Waals surface area contributed by atoms with E-state index in [9.17, 15) is 14.3 Å². The van der Waals surface area contributed by atoms with Crippen molar-refractivity contribution in [3.05, 3.63) is 75.6 Å². The molecule has 0 radical (unpaired) electrons. The molecule has 0 aliphatic carbocycles. The Bertz CT molecular complexity index is 1370. The molecule has 0 bridgehead atoms. The second-order valence-electron chi connectivity index (χ2n) is 8.37. The zero-order valence-electron chi connectivity index (χ0n) is 19.0. The predicted molar refractivity (Wildman–Crippen MR) is 125 cm³/mol. The maximum atomic E-state index is 13.2. The van der Waals surface area contributed by atoms with Gasteiger partial charge in [-0.1, -0.05) is 12.1 Å². The maximum Gasteiger partial charge on any atom is 0.252 e. The highest BCUT2D eigenvalue weighted by molar-refractivity contribution is 5.83. The third-order valence-corrected chi connectivity index (χ3v) is 5.83. The first-order valence-corrected chi connectivity index (χ1v) is 11.4. The molecule has 0 unspecified atom stereocenters. The smallest absolute Gasteiger partial charge is 0.252 e. The number of aliphatic hydroxyl groups excluding tert-OH is 1. The number of pyridine rings is 1. The van der Waals surface area contributed by atoms with Gasteiger partial charge in [-0.3, -0.25) is 9.69 Å². The van der Waals surface area contributed by atoms with Crippen LogP contribution >= 0.6 is 0 Å². The minimum Gasteiger partial charge on any atom is -0.486 e. The number of fused-ring (bicyclic) bond motifs is 2. The van der Waals surface area contributed by atoms with Gasteiger partial charge in [-0.15, -0.1) is 5.10 Å². The molecule has 35 heavy (non-hydrogen) atoms. The molecule has 182 valence electrons. The summed E-state index contributed by atoms with van der Waals surface area (Å²) in [5.41, 5.74) is 1.91. The van der Waals surface area contributed by atoms with Crippen LogP contribution in [-0.2, 0) is 19.6 Å². The minimum atomic E-state index is -0.305. The van der Waals surface area contributed by atoms with E-state index < -0.39 is 0 Å². The molecule has 0 saturated heterocycles. The summed E-state index contributed by atoms with van der Waals surface area (Å²) in [5, 5.41) is 22.2. The Hall–Kier alpha value is -3.83. The van der Waals surface area contributed by atoms with Crippen molar-refractivity contribution < 1.29 is 19.0 Å². The Kier molecular flexibility index (Phi) is 6.68. The first-order chi connectivity index (χ1) is 17.1. The lowest BCUT2D eigenvalue weighted by Gasteiger charge is -2.22. The van der Waals surface area contributed by atoms with Crippen LogP contribution in [0.5, 0.6) is 11.5 Å². The lowest BCUT2D eigenvalue weighted by molar-refractivity contribution is 0.172. The second-order valence-corrected chi connectivity index (χ2v) is 8.37. The highest BCUT2D eigenvalue weighted by Gasteiger charge is 2.17. The zero-order chi connectivity index (χ0) is 24.2. The summed E-state index contributed by atoms with van der Waals surface area (Å²) >= 11 is 0. The number of nitrogens with one attached hydrogen (secondary N) is 1. The number of ether oxygens (including phenoxy) is 2. The Morgan fingerprint density at radius 2 is 1.86 bits per heavy atom. The average Bonchev–Trinajstić information content (AvgIpc) is 3.29. The standard InChI is InChI=1S/C24H25FN6O4/c25-19-4-2-16(3-5-19)13-31-23(27-28-29-31)15-30(6-1-7-32)14-18-10-17-11-21-22(35-9-8-34-21)12-20(17)26-24(18)33/h2-5,10-12,32H,1,6-9,13-15H2,(H,26,33). The van der Waals surface area contributed by atoms with E-state index in [0.29, 0.717) is 74.2 Å². The molecule has 10 nitrogen and oxygen atoms in total. The van der Waals surface area contributed by atoms with E-state index >= 15 is 0 Å². The molecular weight excluding hydrogens is 455 g/mol. The minimum absolute atomic E-state index is 0.0224. The molecule has 5 rings (SSSR count). The van der Waals surface area contributed by atoms with Crippen LogP contribution in [0.15, 0.2) is 47.3 Å². The van der Waals surface area contributed by atoms with Gasteiger partial charge in [-0.05, 0) is 46.7 Å². The first-order valence-electron chi connectivity index (χ1n) is 11.4. The summed E-state index contributed by atoms with van der Waals surface area (Å²) in [6.07, 6.45) is 0.531.